The van der Waals surface area contributed by atoms with E-state index in [1.54, 1.807) is 0 Å². The summed E-state index contributed by atoms with van der Waals surface area (Å²) in [6, 6.07) is 17.4. The van der Waals surface area contributed by atoms with Gasteiger partial charge in [0.2, 0.25) is 0 Å². The predicted octanol–water partition coefficient (Wildman–Crippen LogP) is 4.40. The van der Waals surface area contributed by atoms with Crippen LogP contribution >= 0.6 is 12.2 Å². The Morgan fingerprint density at radius 1 is 1.19 bits per heavy atom. The Morgan fingerprint density at radius 2 is 1.90 bits per heavy atom. The van der Waals surface area contributed by atoms with Crippen LogP contribution in [-0.2, 0) is 12.8 Å². The van der Waals surface area contributed by atoms with Crippen LogP contribution in [0.1, 0.15) is 25.0 Å². The fourth-order valence-corrected chi connectivity index (χ4v) is 3.28. The van der Waals surface area contributed by atoms with Crippen LogP contribution in [0, 0.1) is 0 Å². The van der Waals surface area contributed by atoms with Crippen molar-refractivity contribution in [3.8, 4) is 0 Å². The highest BCUT2D eigenvalue weighted by Crippen LogP contribution is 2.32. The average molecular weight is 296 g/mol. The Balaban J connectivity index is 1.79. The van der Waals surface area contributed by atoms with E-state index in [9.17, 15) is 0 Å². The third kappa shape index (κ3) is 2.79. The lowest BCUT2D eigenvalue weighted by atomic mass is 10.1. The smallest absolute Gasteiger partial charge is 0.178 e. The van der Waals surface area contributed by atoms with Gasteiger partial charge >= 0.3 is 0 Å². The number of rotatable bonds is 2. The number of para-hydroxylation sites is 1. The summed E-state index contributed by atoms with van der Waals surface area (Å²) < 4.78 is 0. The number of anilines is 2. The van der Waals surface area contributed by atoms with Gasteiger partial charge in [0.25, 0.3) is 0 Å². The normalized spacial score (nSPS) is 16.7. The molecule has 2 nitrogen and oxygen atoms in total. The molecule has 108 valence electrons. The Labute approximate surface area is 131 Å². The zero-order chi connectivity index (χ0) is 14.8. The van der Waals surface area contributed by atoms with Crippen LogP contribution in [0.2, 0.25) is 0 Å². The van der Waals surface area contributed by atoms with Gasteiger partial charge in [0.05, 0.1) is 0 Å². The Morgan fingerprint density at radius 3 is 2.62 bits per heavy atom. The highest BCUT2D eigenvalue weighted by molar-refractivity contribution is 7.80. The fraction of sp³-hybridized carbons (Fsp3) is 0.278. The molecule has 1 heterocycles. The maximum absolute atomic E-state index is 5.63. The molecule has 0 saturated heterocycles. The molecule has 0 fully saturated rings. The molecular formula is C18H20N2S. The Hall–Kier alpha value is -1.87. The molecule has 2 aromatic carbocycles. The molecule has 0 aromatic heterocycles. The van der Waals surface area contributed by atoms with Crippen molar-refractivity contribution in [2.24, 2.45) is 0 Å². The molecule has 0 aliphatic carbocycles. The Kier molecular flexibility index (Phi) is 3.93. The van der Waals surface area contributed by atoms with Crippen LogP contribution < -0.4 is 10.2 Å². The van der Waals surface area contributed by atoms with Crippen LogP contribution in [0.3, 0.4) is 0 Å². The molecule has 1 aliphatic rings. The first kappa shape index (κ1) is 14.1. The monoisotopic (exact) mass is 296 g/mol. The van der Waals surface area contributed by atoms with Gasteiger partial charge in [-0.1, -0.05) is 37.3 Å². The number of thiocarbonyl (C=S) groups is 1. The number of hydrogen-bond donors (Lipinski definition) is 1. The molecule has 1 atom stereocenters. The van der Waals surface area contributed by atoms with Crippen molar-refractivity contribution in [1.82, 2.24) is 0 Å². The van der Waals surface area contributed by atoms with Crippen molar-refractivity contribution in [1.29, 1.82) is 0 Å². The molecule has 2 aromatic rings. The van der Waals surface area contributed by atoms with E-state index in [1.807, 2.05) is 0 Å². The van der Waals surface area contributed by atoms with E-state index in [4.69, 9.17) is 12.2 Å². The minimum atomic E-state index is 0.400. The first-order valence-electron chi connectivity index (χ1n) is 7.46. The second-order valence-electron chi connectivity index (χ2n) is 5.53. The van der Waals surface area contributed by atoms with Crippen molar-refractivity contribution in [3.05, 3.63) is 59.7 Å². The van der Waals surface area contributed by atoms with Gasteiger partial charge in [-0.2, -0.15) is 0 Å². The minimum absolute atomic E-state index is 0.400. The molecule has 0 bridgehead atoms. The molecule has 3 rings (SSSR count). The second kappa shape index (κ2) is 5.86. The number of fused-ring (bicyclic) bond motifs is 1. The molecule has 0 radical (unpaired) electrons. The first-order chi connectivity index (χ1) is 10.2. The highest BCUT2D eigenvalue weighted by Gasteiger charge is 2.28. The van der Waals surface area contributed by atoms with Crippen molar-refractivity contribution in [3.63, 3.8) is 0 Å². The number of aryl methyl sites for hydroxylation is 1. The lowest BCUT2D eigenvalue weighted by Crippen LogP contribution is -2.38. The minimum Gasteiger partial charge on any atom is -0.332 e. The van der Waals surface area contributed by atoms with E-state index in [-0.39, 0.29) is 0 Å². The molecule has 0 amide bonds. The Bertz CT molecular complexity index is 649. The van der Waals surface area contributed by atoms with Gasteiger partial charge in [0.1, 0.15) is 0 Å². The van der Waals surface area contributed by atoms with E-state index in [0.717, 1.165) is 23.6 Å². The summed E-state index contributed by atoms with van der Waals surface area (Å²) in [5, 5.41) is 4.14. The molecule has 3 heteroatoms. The van der Waals surface area contributed by atoms with Gasteiger partial charge < -0.3 is 10.2 Å². The molecule has 0 spiro atoms. The number of nitrogens with zero attached hydrogens (tertiary/aromatic N) is 1. The molecule has 0 saturated carbocycles. The average Bonchev–Trinajstić information content (AvgIpc) is 2.83. The third-order valence-corrected chi connectivity index (χ3v) is 4.34. The summed E-state index contributed by atoms with van der Waals surface area (Å²) in [4.78, 5) is 2.22. The number of hydrogen-bond acceptors (Lipinski definition) is 1. The SMILES string of the molecule is CCc1ccc(NC(=S)N2c3ccccc3CC2C)cc1. The maximum atomic E-state index is 5.63. The van der Waals surface area contributed by atoms with E-state index >= 15 is 0 Å². The van der Waals surface area contributed by atoms with Crippen molar-refractivity contribution < 1.29 is 0 Å². The van der Waals surface area contributed by atoms with Crippen molar-refractivity contribution in [2.75, 3.05) is 10.2 Å². The maximum Gasteiger partial charge on any atom is 0.178 e. The largest absolute Gasteiger partial charge is 0.332 e. The molecule has 1 N–H and O–H groups in total. The van der Waals surface area contributed by atoms with Gasteiger partial charge in [-0.15, -0.1) is 0 Å². The number of benzene rings is 2. The van der Waals surface area contributed by atoms with E-state index in [2.05, 4.69) is 72.6 Å². The first-order valence-corrected chi connectivity index (χ1v) is 7.87. The lowest BCUT2D eigenvalue weighted by molar-refractivity contribution is 0.776. The van der Waals surface area contributed by atoms with E-state index in [1.165, 1.54) is 16.8 Å². The standard InChI is InChI=1S/C18H20N2S/c1-3-14-8-10-16(11-9-14)19-18(21)20-13(2)12-15-6-4-5-7-17(15)20/h4-11,13H,3,12H2,1-2H3,(H,19,21). The molecule has 1 aliphatic heterocycles. The van der Waals surface area contributed by atoms with E-state index in [0.29, 0.717) is 6.04 Å². The summed E-state index contributed by atoms with van der Waals surface area (Å²) in [5.74, 6) is 0. The van der Waals surface area contributed by atoms with Crippen molar-refractivity contribution >= 4 is 28.7 Å². The third-order valence-electron chi connectivity index (χ3n) is 4.04. The quantitative estimate of drug-likeness (QED) is 0.827. The van der Waals surface area contributed by atoms with Crippen LogP contribution in [-0.4, -0.2) is 11.2 Å². The summed E-state index contributed by atoms with van der Waals surface area (Å²) >= 11 is 5.63. The molecular weight excluding hydrogens is 276 g/mol. The van der Waals surface area contributed by atoms with Gasteiger partial charge in [-0.3, -0.25) is 0 Å². The highest BCUT2D eigenvalue weighted by atomic mass is 32.1. The van der Waals surface area contributed by atoms with E-state index < -0.39 is 0 Å². The second-order valence-corrected chi connectivity index (χ2v) is 5.92. The fourth-order valence-electron chi connectivity index (χ4n) is 2.88. The summed E-state index contributed by atoms with van der Waals surface area (Å²) in [6.07, 6.45) is 2.11. The summed E-state index contributed by atoms with van der Waals surface area (Å²) in [7, 11) is 0. The molecule has 21 heavy (non-hydrogen) atoms. The zero-order valence-corrected chi connectivity index (χ0v) is 13.3. The topological polar surface area (TPSA) is 15.3 Å². The zero-order valence-electron chi connectivity index (χ0n) is 12.5. The van der Waals surface area contributed by atoms with Crippen LogP contribution in [0.4, 0.5) is 11.4 Å². The van der Waals surface area contributed by atoms with Gasteiger partial charge in [0.15, 0.2) is 5.11 Å². The van der Waals surface area contributed by atoms with Crippen LogP contribution in [0.15, 0.2) is 48.5 Å². The lowest BCUT2D eigenvalue weighted by Gasteiger charge is -2.26. The van der Waals surface area contributed by atoms with Gasteiger partial charge in [-0.25, -0.2) is 0 Å². The van der Waals surface area contributed by atoms with Crippen LogP contribution in [0.25, 0.3) is 0 Å². The van der Waals surface area contributed by atoms with Crippen LogP contribution in [0.5, 0.6) is 0 Å². The summed E-state index contributed by atoms with van der Waals surface area (Å²) in [5.41, 5.74) is 4.99. The predicted molar refractivity (Wildman–Crippen MR) is 94.1 cm³/mol. The van der Waals surface area contributed by atoms with Gasteiger partial charge in [0, 0.05) is 17.4 Å². The van der Waals surface area contributed by atoms with Gasteiger partial charge in [-0.05, 0) is 61.3 Å². The number of nitrogens with one attached hydrogen (secondary N) is 1. The summed E-state index contributed by atoms with van der Waals surface area (Å²) in [6.45, 7) is 4.38. The van der Waals surface area contributed by atoms with Crippen molar-refractivity contribution in [2.45, 2.75) is 32.7 Å². The molecule has 1 unspecified atom stereocenters.